The van der Waals surface area contributed by atoms with Crippen LogP contribution in [0.25, 0.3) is 89.2 Å². The quantitative estimate of drug-likeness (QED) is 0.186. The number of aromatic nitrogens is 5. The van der Waals surface area contributed by atoms with Crippen molar-refractivity contribution in [1.82, 2.24) is 24.1 Å². The van der Waals surface area contributed by atoms with Crippen LogP contribution in [0.5, 0.6) is 0 Å². The molecule has 10 aromatic rings. The molecule has 0 amide bonds. The van der Waals surface area contributed by atoms with E-state index in [1.807, 2.05) is 0 Å². The first kappa shape index (κ1) is 29.8. The fourth-order valence-corrected chi connectivity index (χ4v) is 8.69. The highest BCUT2D eigenvalue weighted by Crippen LogP contribution is 2.49. The molecule has 0 fully saturated rings. The van der Waals surface area contributed by atoms with E-state index in [9.17, 15) is 0 Å². The first-order valence-corrected chi connectivity index (χ1v) is 18.1. The van der Waals surface area contributed by atoms with Crippen molar-refractivity contribution in [3.05, 3.63) is 175 Å². The molecule has 0 radical (unpaired) electrons. The molecule has 0 aliphatic heterocycles. The highest BCUT2D eigenvalue weighted by atomic mass is 15.2. The second-order valence-corrected chi connectivity index (χ2v) is 14.5. The Morgan fingerprint density at radius 1 is 0.396 bits per heavy atom. The molecule has 250 valence electrons. The van der Waals surface area contributed by atoms with Crippen molar-refractivity contribution in [2.45, 2.75) is 19.3 Å². The highest BCUT2D eigenvalue weighted by molar-refractivity contribution is 6.10. The second kappa shape index (κ2) is 11.1. The van der Waals surface area contributed by atoms with Crippen LogP contribution in [-0.2, 0) is 5.41 Å². The average Bonchev–Trinajstić information content (AvgIpc) is 3.81. The monoisotopic (exact) mass is 679 g/mol. The summed E-state index contributed by atoms with van der Waals surface area (Å²) in [5, 5.41) is 4.78. The van der Waals surface area contributed by atoms with E-state index < -0.39 is 0 Å². The molecule has 0 unspecified atom stereocenters. The van der Waals surface area contributed by atoms with Crippen LogP contribution in [0, 0.1) is 0 Å². The van der Waals surface area contributed by atoms with E-state index in [0.29, 0.717) is 17.6 Å². The highest BCUT2D eigenvalue weighted by Gasteiger charge is 2.35. The normalized spacial score (nSPS) is 13.2. The predicted octanol–water partition coefficient (Wildman–Crippen LogP) is 11.7. The fourth-order valence-electron chi connectivity index (χ4n) is 8.69. The molecule has 0 N–H and O–H groups in total. The SMILES string of the molecule is CC1(C)c2ccccc2-c2ccc(-c3nc(-c4cccc(-n5c6ccccc6c6ccccc65)c4)nc(-n4c5ccccc5c5ccccc54)n3)cc21. The van der Waals surface area contributed by atoms with Crippen molar-refractivity contribution >= 4 is 43.6 Å². The molecule has 3 aromatic heterocycles. The molecule has 0 bridgehead atoms. The summed E-state index contributed by atoms with van der Waals surface area (Å²) in [7, 11) is 0. The van der Waals surface area contributed by atoms with Crippen LogP contribution in [0.2, 0.25) is 0 Å². The Labute approximate surface area is 306 Å². The summed E-state index contributed by atoms with van der Waals surface area (Å²) in [6.45, 7) is 4.62. The van der Waals surface area contributed by atoms with Gasteiger partial charge in [0.05, 0.1) is 22.1 Å². The molecule has 5 heteroatoms. The Morgan fingerprint density at radius 2 is 0.887 bits per heavy atom. The molecule has 7 aromatic carbocycles. The minimum absolute atomic E-state index is 0.149. The number of benzene rings is 7. The number of para-hydroxylation sites is 4. The smallest absolute Gasteiger partial charge is 0.238 e. The Morgan fingerprint density at radius 3 is 1.49 bits per heavy atom. The summed E-state index contributed by atoms with van der Waals surface area (Å²) >= 11 is 0. The maximum absolute atomic E-state index is 5.28. The molecule has 0 atom stereocenters. The number of nitrogens with zero attached hydrogens (tertiary/aromatic N) is 5. The maximum Gasteiger partial charge on any atom is 0.238 e. The average molecular weight is 680 g/mol. The van der Waals surface area contributed by atoms with Crippen LogP contribution in [0.15, 0.2) is 164 Å². The van der Waals surface area contributed by atoms with Crippen molar-refractivity contribution in [3.63, 3.8) is 0 Å². The van der Waals surface area contributed by atoms with Crippen molar-refractivity contribution in [1.29, 1.82) is 0 Å². The minimum atomic E-state index is -0.149. The summed E-state index contributed by atoms with van der Waals surface area (Å²) in [6, 6.07) is 58.2. The topological polar surface area (TPSA) is 48.5 Å². The zero-order valence-electron chi connectivity index (χ0n) is 29.3. The predicted molar refractivity (Wildman–Crippen MR) is 217 cm³/mol. The van der Waals surface area contributed by atoms with Crippen molar-refractivity contribution in [2.75, 3.05) is 0 Å². The summed E-state index contributed by atoms with van der Waals surface area (Å²) in [5.41, 5.74) is 12.4. The Bertz CT molecular complexity index is 3000. The van der Waals surface area contributed by atoms with Crippen LogP contribution in [0.1, 0.15) is 25.0 Å². The van der Waals surface area contributed by atoms with Gasteiger partial charge in [-0.05, 0) is 64.7 Å². The van der Waals surface area contributed by atoms with E-state index in [2.05, 4.69) is 187 Å². The molecule has 53 heavy (non-hydrogen) atoms. The standard InChI is InChI=1S/C48H33N5/c1-48(2)39-21-8-3-16-33(39)34-27-26-31(29-40(34)48)46-49-45(50-47(51-46)53-43-24-11-6-19-37(43)38-20-7-12-25-44(38)53)30-14-13-15-32(28-30)52-41-22-9-4-17-35(41)36-18-5-10-23-42(36)52/h3-29H,1-2H3. The van der Waals surface area contributed by atoms with Crippen molar-refractivity contribution in [3.8, 4) is 45.5 Å². The third-order valence-electron chi connectivity index (χ3n) is 11.2. The van der Waals surface area contributed by atoms with Gasteiger partial charge < -0.3 is 4.57 Å². The van der Waals surface area contributed by atoms with E-state index in [0.717, 1.165) is 49.7 Å². The zero-order chi connectivity index (χ0) is 35.3. The lowest BCUT2D eigenvalue weighted by Gasteiger charge is -2.21. The van der Waals surface area contributed by atoms with Gasteiger partial charge in [-0.25, -0.2) is 4.98 Å². The summed E-state index contributed by atoms with van der Waals surface area (Å²) in [4.78, 5) is 15.8. The third kappa shape index (κ3) is 4.34. The van der Waals surface area contributed by atoms with Gasteiger partial charge in [-0.2, -0.15) is 9.97 Å². The largest absolute Gasteiger partial charge is 0.309 e. The molecular weight excluding hydrogens is 647 g/mol. The lowest BCUT2D eigenvalue weighted by Crippen LogP contribution is -2.15. The fraction of sp³-hybridized carbons (Fsp3) is 0.0625. The summed E-state index contributed by atoms with van der Waals surface area (Å²) < 4.78 is 4.52. The molecule has 0 saturated heterocycles. The molecule has 5 nitrogen and oxygen atoms in total. The number of hydrogen-bond acceptors (Lipinski definition) is 3. The number of hydrogen-bond donors (Lipinski definition) is 0. The Balaban J connectivity index is 1.15. The molecular formula is C48H33N5. The van der Waals surface area contributed by atoms with E-state index in [4.69, 9.17) is 15.0 Å². The number of rotatable bonds is 4. The van der Waals surface area contributed by atoms with Gasteiger partial charge in [0.15, 0.2) is 11.6 Å². The lowest BCUT2D eigenvalue weighted by molar-refractivity contribution is 0.660. The lowest BCUT2D eigenvalue weighted by atomic mass is 9.82. The van der Waals surface area contributed by atoms with Gasteiger partial charge in [-0.3, -0.25) is 4.57 Å². The van der Waals surface area contributed by atoms with E-state index in [1.54, 1.807) is 0 Å². The van der Waals surface area contributed by atoms with Gasteiger partial charge in [0.2, 0.25) is 5.95 Å². The van der Waals surface area contributed by atoms with Crippen molar-refractivity contribution in [2.24, 2.45) is 0 Å². The first-order chi connectivity index (χ1) is 26.0. The summed E-state index contributed by atoms with van der Waals surface area (Å²) in [5.74, 6) is 1.86. The van der Waals surface area contributed by atoms with Crippen LogP contribution >= 0.6 is 0 Å². The van der Waals surface area contributed by atoms with Crippen molar-refractivity contribution < 1.29 is 0 Å². The minimum Gasteiger partial charge on any atom is -0.309 e. The van der Waals surface area contributed by atoms with E-state index in [1.165, 1.54) is 33.0 Å². The van der Waals surface area contributed by atoms with Crippen LogP contribution in [-0.4, -0.2) is 24.1 Å². The van der Waals surface area contributed by atoms with Crippen LogP contribution in [0.3, 0.4) is 0 Å². The van der Waals surface area contributed by atoms with E-state index in [-0.39, 0.29) is 5.41 Å². The zero-order valence-corrected chi connectivity index (χ0v) is 29.3. The van der Waals surface area contributed by atoms with E-state index >= 15 is 0 Å². The second-order valence-electron chi connectivity index (χ2n) is 14.5. The summed E-state index contributed by atoms with van der Waals surface area (Å²) in [6.07, 6.45) is 0. The van der Waals surface area contributed by atoms with Crippen LogP contribution in [0.4, 0.5) is 0 Å². The third-order valence-corrected chi connectivity index (χ3v) is 11.2. The Hall–Kier alpha value is -6.85. The number of fused-ring (bicyclic) bond motifs is 9. The molecule has 0 saturated carbocycles. The molecule has 11 rings (SSSR count). The molecule has 1 aliphatic carbocycles. The van der Waals surface area contributed by atoms with Gasteiger partial charge in [0.25, 0.3) is 0 Å². The van der Waals surface area contributed by atoms with Gasteiger partial charge in [-0.1, -0.05) is 135 Å². The first-order valence-electron chi connectivity index (χ1n) is 18.1. The van der Waals surface area contributed by atoms with Crippen LogP contribution < -0.4 is 0 Å². The Kier molecular flexibility index (Phi) is 6.23. The van der Waals surface area contributed by atoms with Gasteiger partial charge in [-0.15, -0.1) is 0 Å². The molecule has 0 spiro atoms. The molecule has 3 heterocycles. The van der Waals surface area contributed by atoms with Gasteiger partial charge in [0, 0.05) is 43.8 Å². The van der Waals surface area contributed by atoms with Gasteiger partial charge >= 0.3 is 0 Å². The molecule has 1 aliphatic rings. The van der Waals surface area contributed by atoms with Gasteiger partial charge in [0.1, 0.15) is 0 Å². The maximum atomic E-state index is 5.28.